The quantitative estimate of drug-likeness (QED) is 0.322. The van der Waals surface area contributed by atoms with E-state index >= 15 is 0 Å². The Morgan fingerprint density at radius 2 is 1.85 bits per heavy atom. The summed E-state index contributed by atoms with van der Waals surface area (Å²) in [4.78, 5) is 17.6. The number of hydrogen-bond donors (Lipinski definition) is 2. The van der Waals surface area contributed by atoms with Crippen LogP contribution in [-0.2, 0) is 11.2 Å². The summed E-state index contributed by atoms with van der Waals surface area (Å²) in [6.45, 7) is 3.96. The van der Waals surface area contributed by atoms with Crippen molar-refractivity contribution in [2.75, 3.05) is 47.9 Å². The third-order valence-electron chi connectivity index (χ3n) is 3.59. The highest BCUT2D eigenvalue weighted by molar-refractivity contribution is 14.0. The summed E-state index contributed by atoms with van der Waals surface area (Å²) in [5.74, 6) is 2.24. The van der Waals surface area contributed by atoms with Crippen LogP contribution in [0, 0.1) is 0 Å². The summed E-state index contributed by atoms with van der Waals surface area (Å²) in [5, 5.41) is 6.46. The molecule has 0 atom stereocenters. The fourth-order valence-electron chi connectivity index (χ4n) is 2.19. The molecule has 8 heteroatoms. The first kappa shape index (κ1) is 24.3. The van der Waals surface area contributed by atoms with Crippen LogP contribution in [0.2, 0.25) is 0 Å². The van der Waals surface area contributed by atoms with Gasteiger partial charge in [0.15, 0.2) is 17.5 Å². The second kappa shape index (κ2) is 13.5. The number of halogens is 1. The van der Waals surface area contributed by atoms with Gasteiger partial charge in [-0.2, -0.15) is 0 Å². The number of carbonyl (C=O) groups excluding carboxylic acids is 1. The van der Waals surface area contributed by atoms with E-state index in [4.69, 9.17) is 9.47 Å². The molecule has 1 amide bonds. The molecule has 0 aliphatic carbocycles. The van der Waals surface area contributed by atoms with Crippen molar-refractivity contribution in [3.8, 4) is 11.5 Å². The molecule has 0 heterocycles. The Kier molecular flexibility index (Phi) is 12.6. The number of amides is 1. The maximum Gasteiger partial charge on any atom is 0.223 e. The molecule has 148 valence electrons. The minimum absolute atomic E-state index is 0. The van der Waals surface area contributed by atoms with E-state index in [2.05, 4.69) is 15.6 Å². The van der Waals surface area contributed by atoms with Gasteiger partial charge >= 0.3 is 0 Å². The average molecular weight is 478 g/mol. The molecule has 0 saturated heterocycles. The Balaban J connectivity index is 0.00000625. The lowest BCUT2D eigenvalue weighted by atomic mass is 10.1. The molecule has 0 bridgehead atoms. The number of carbonyl (C=O) groups is 1. The summed E-state index contributed by atoms with van der Waals surface area (Å²) >= 11 is 0. The van der Waals surface area contributed by atoms with E-state index in [0.717, 1.165) is 42.5 Å². The number of guanidine groups is 1. The Labute approximate surface area is 173 Å². The van der Waals surface area contributed by atoms with Crippen LogP contribution < -0.4 is 20.1 Å². The van der Waals surface area contributed by atoms with E-state index in [0.29, 0.717) is 13.0 Å². The van der Waals surface area contributed by atoms with E-state index in [-0.39, 0.29) is 29.9 Å². The molecule has 0 spiro atoms. The number of benzene rings is 1. The standard InChI is InChI=1S/C18H30N4O3.HI/c1-6-19-18(21-12-10-17(23)22(2)3)20-11-9-14-7-8-15(24-4)16(13-14)25-5;/h7-8,13H,6,9-12H2,1-5H3,(H2,19,20,21);1H. The minimum atomic E-state index is 0. The molecule has 0 aliphatic heterocycles. The third kappa shape index (κ3) is 8.59. The lowest BCUT2D eigenvalue weighted by Crippen LogP contribution is -2.38. The molecule has 0 aliphatic rings. The molecule has 26 heavy (non-hydrogen) atoms. The highest BCUT2D eigenvalue weighted by Gasteiger charge is 2.06. The number of ether oxygens (including phenoxy) is 2. The topological polar surface area (TPSA) is 75.2 Å². The zero-order valence-corrected chi connectivity index (χ0v) is 18.6. The lowest BCUT2D eigenvalue weighted by Gasteiger charge is -2.13. The van der Waals surface area contributed by atoms with Crippen LogP contribution in [0.4, 0.5) is 0 Å². The van der Waals surface area contributed by atoms with Gasteiger partial charge in [-0.05, 0) is 31.0 Å². The fourth-order valence-corrected chi connectivity index (χ4v) is 2.19. The van der Waals surface area contributed by atoms with Crippen LogP contribution in [-0.4, -0.2) is 64.7 Å². The van der Waals surface area contributed by atoms with Gasteiger partial charge < -0.3 is 25.0 Å². The normalized spacial score (nSPS) is 10.6. The van der Waals surface area contributed by atoms with Crippen molar-refractivity contribution in [3.05, 3.63) is 23.8 Å². The Morgan fingerprint density at radius 1 is 1.15 bits per heavy atom. The summed E-state index contributed by atoms with van der Waals surface area (Å²) in [7, 11) is 6.75. The van der Waals surface area contributed by atoms with Crippen molar-refractivity contribution in [3.63, 3.8) is 0 Å². The number of methoxy groups -OCH3 is 2. The van der Waals surface area contributed by atoms with Crippen LogP contribution in [0.5, 0.6) is 11.5 Å². The predicted molar refractivity (Wildman–Crippen MR) is 116 cm³/mol. The Hall–Kier alpha value is -1.71. The lowest BCUT2D eigenvalue weighted by molar-refractivity contribution is -0.128. The Morgan fingerprint density at radius 3 is 2.42 bits per heavy atom. The third-order valence-corrected chi connectivity index (χ3v) is 3.59. The molecule has 0 saturated carbocycles. The maximum atomic E-state index is 11.6. The monoisotopic (exact) mass is 478 g/mol. The van der Waals surface area contributed by atoms with Crippen molar-refractivity contribution in [1.82, 2.24) is 15.5 Å². The van der Waals surface area contributed by atoms with Crippen LogP contribution in [0.25, 0.3) is 0 Å². The molecule has 0 fully saturated rings. The van der Waals surface area contributed by atoms with E-state index in [1.54, 1.807) is 33.2 Å². The van der Waals surface area contributed by atoms with Gasteiger partial charge in [-0.3, -0.25) is 9.79 Å². The first-order valence-corrected chi connectivity index (χ1v) is 8.45. The SMILES string of the molecule is CCNC(=NCCC(=O)N(C)C)NCCc1ccc(OC)c(OC)c1.I. The molecular formula is C18H31IN4O3. The summed E-state index contributed by atoms with van der Waals surface area (Å²) < 4.78 is 10.6. The zero-order chi connectivity index (χ0) is 18.7. The summed E-state index contributed by atoms with van der Waals surface area (Å²) in [6, 6.07) is 5.89. The molecule has 0 radical (unpaired) electrons. The number of nitrogens with zero attached hydrogens (tertiary/aromatic N) is 2. The highest BCUT2D eigenvalue weighted by Crippen LogP contribution is 2.27. The predicted octanol–water partition coefficient (Wildman–Crippen LogP) is 1.90. The maximum absolute atomic E-state index is 11.6. The van der Waals surface area contributed by atoms with Crippen molar-refractivity contribution in [2.45, 2.75) is 19.8 Å². The van der Waals surface area contributed by atoms with E-state index in [1.807, 2.05) is 25.1 Å². The molecule has 7 nitrogen and oxygen atoms in total. The smallest absolute Gasteiger partial charge is 0.223 e. The van der Waals surface area contributed by atoms with Crippen LogP contribution in [0.3, 0.4) is 0 Å². The van der Waals surface area contributed by atoms with Crippen LogP contribution in [0.15, 0.2) is 23.2 Å². The van der Waals surface area contributed by atoms with Crippen LogP contribution in [0.1, 0.15) is 18.9 Å². The van der Waals surface area contributed by atoms with Gasteiger partial charge in [-0.15, -0.1) is 24.0 Å². The molecule has 1 aromatic rings. The van der Waals surface area contributed by atoms with Gasteiger partial charge in [0, 0.05) is 33.6 Å². The van der Waals surface area contributed by atoms with E-state index in [9.17, 15) is 4.79 Å². The van der Waals surface area contributed by atoms with Gasteiger partial charge in [0.1, 0.15) is 0 Å². The van der Waals surface area contributed by atoms with Gasteiger partial charge in [-0.25, -0.2) is 0 Å². The number of rotatable bonds is 9. The average Bonchev–Trinajstić information content (AvgIpc) is 2.61. The summed E-state index contributed by atoms with van der Waals surface area (Å²) in [6.07, 6.45) is 1.22. The molecular weight excluding hydrogens is 447 g/mol. The number of hydrogen-bond acceptors (Lipinski definition) is 4. The van der Waals surface area contributed by atoms with Crippen molar-refractivity contribution in [1.29, 1.82) is 0 Å². The van der Waals surface area contributed by atoms with Crippen molar-refractivity contribution < 1.29 is 14.3 Å². The van der Waals surface area contributed by atoms with Gasteiger partial charge in [0.2, 0.25) is 5.91 Å². The second-order valence-electron chi connectivity index (χ2n) is 5.66. The van der Waals surface area contributed by atoms with E-state index in [1.165, 1.54) is 0 Å². The van der Waals surface area contributed by atoms with Gasteiger partial charge in [-0.1, -0.05) is 6.07 Å². The van der Waals surface area contributed by atoms with Crippen molar-refractivity contribution >= 4 is 35.8 Å². The first-order chi connectivity index (χ1) is 12.0. The Bertz CT molecular complexity index is 580. The molecule has 1 aromatic carbocycles. The number of nitrogens with one attached hydrogen (secondary N) is 2. The number of aliphatic imine (C=N–C) groups is 1. The summed E-state index contributed by atoms with van der Waals surface area (Å²) in [5.41, 5.74) is 1.14. The fraction of sp³-hybridized carbons (Fsp3) is 0.556. The molecule has 2 N–H and O–H groups in total. The van der Waals surface area contributed by atoms with E-state index < -0.39 is 0 Å². The van der Waals surface area contributed by atoms with Crippen molar-refractivity contribution in [2.24, 2.45) is 4.99 Å². The first-order valence-electron chi connectivity index (χ1n) is 8.45. The van der Waals surface area contributed by atoms with Gasteiger partial charge in [0.25, 0.3) is 0 Å². The van der Waals surface area contributed by atoms with Gasteiger partial charge in [0.05, 0.1) is 20.8 Å². The molecule has 0 aromatic heterocycles. The van der Waals surface area contributed by atoms with Crippen LogP contribution >= 0.6 is 24.0 Å². The largest absolute Gasteiger partial charge is 0.493 e. The molecule has 0 unspecified atom stereocenters. The minimum Gasteiger partial charge on any atom is -0.493 e. The zero-order valence-electron chi connectivity index (χ0n) is 16.3. The second-order valence-corrected chi connectivity index (χ2v) is 5.66. The molecule has 1 rings (SSSR count). The highest BCUT2D eigenvalue weighted by atomic mass is 127.